The fourth-order valence-corrected chi connectivity index (χ4v) is 2.88. The maximum absolute atomic E-state index is 11.7. The standard InChI is InChI=1S/C18H16NO4/c1-11(17(20)21)19-18(22)23-10-16-14-8-4-2-6-12(14)13-7-3-5-9-15(13)16/h2-9,11,16H,10H2,1H3,(H,19,22)/t11-/m0/s1. The molecule has 1 radical (unpaired) electrons. The molecule has 0 saturated heterocycles. The van der Waals surface area contributed by atoms with E-state index in [0.717, 1.165) is 22.3 Å². The Morgan fingerprint density at radius 3 is 2.09 bits per heavy atom. The molecule has 23 heavy (non-hydrogen) atoms. The highest BCUT2D eigenvalue weighted by atomic mass is 16.5. The molecular weight excluding hydrogens is 294 g/mol. The van der Waals surface area contributed by atoms with Crippen LogP contribution in [0.15, 0.2) is 48.5 Å². The topological polar surface area (TPSA) is 75.3 Å². The van der Waals surface area contributed by atoms with Gasteiger partial charge in [0.05, 0.1) is 0 Å². The zero-order valence-corrected chi connectivity index (χ0v) is 12.6. The average Bonchev–Trinajstić information content (AvgIpc) is 2.87. The van der Waals surface area contributed by atoms with E-state index >= 15 is 0 Å². The first kappa shape index (κ1) is 15.1. The first-order valence-electron chi connectivity index (χ1n) is 7.40. The summed E-state index contributed by atoms with van der Waals surface area (Å²) in [7, 11) is 0. The monoisotopic (exact) mass is 310 g/mol. The predicted octanol–water partition coefficient (Wildman–Crippen LogP) is 2.87. The molecule has 1 N–H and O–H groups in total. The summed E-state index contributed by atoms with van der Waals surface area (Å²) in [5, 5.41) is 12.9. The molecule has 5 nitrogen and oxygen atoms in total. The van der Waals surface area contributed by atoms with Crippen LogP contribution in [0.5, 0.6) is 0 Å². The van der Waals surface area contributed by atoms with Crippen molar-refractivity contribution in [2.24, 2.45) is 0 Å². The van der Waals surface area contributed by atoms with Crippen molar-refractivity contribution in [1.82, 2.24) is 5.32 Å². The van der Waals surface area contributed by atoms with Gasteiger partial charge in [0.25, 0.3) is 0 Å². The summed E-state index contributed by atoms with van der Waals surface area (Å²) in [6.07, 6.45) is -0.761. The lowest BCUT2D eigenvalue weighted by Gasteiger charge is -2.15. The number of fused-ring (bicyclic) bond motifs is 3. The average molecular weight is 310 g/mol. The van der Waals surface area contributed by atoms with Crippen molar-refractivity contribution in [2.45, 2.75) is 18.9 Å². The number of carbonyl (C=O) groups excluding carboxylic acids is 2. The van der Waals surface area contributed by atoms with Gasteiger partial charge in [0.15, 0.2) is 0 Å². The molecule has 2 aromatic carbocycles. The fourth-order valence-electron chi connectivity index (χ4n) is 2.88. The number of alkyl carbamates (subject to hydrolysis) is 1. The van der Waals surface area contributed by atoms with E-state index in [2.05, 4.69) is 5.32 Å². The lowest BCUT2D eigenvalue weighted by molar-refractivity contribution is -0.145. The molecule has 0 bridgehead atoms. The zero-order chi connectivity index (χ0) is 16.4. The lowest BCUT2D eigenvalue weighted by Crippen LogP contribution is -2.38. The predicted molar refractivity (Wildman–Crippen MR) is 83.4 cm³/mol. The molecule has 2 aromatic rings. The highest BCUT2D eigenvalue weighted by Gasteiger charge is 2.29. The van der Waals surface area contributed by atoms with Crippen molar-refractivity contribution < 1.29 is 19.4 Å². The molecule has 0 saturated carbocycles. The number of amides is 1. The first-order valence-corrected chi connectivity index (χ1v) is 7.40. The van der Waals surface area contributed by atoms with Gasteiger partial charge in [0.1, 0.15) is 12.6 Å². The van der Waals surface area contributed by atoms with E-state index in [1.165, 1.54) is 6.92 Å². The van der Waals surface area contributed by atoms with Crippen LogP contribution in [0.1, 0.15) is 24.0 Å². The van der Waals surface area contributed by atoms with Crippen LogP contribution < -0.4 is 5.32 Å². The maximum Gasteiger partial charge on any atom is 0.407 e. The Bertz CT molecular complexity index is 711. The van der Waals surface area contributed by atoms with Crippen LogP contribution in [0.3, 0.4) is 0 Å². The SMILES string of the molecule is C[C@H](NC(=O)OCC1c2ccccc2-c2ccccc21)C([O])=O. The molecule has 1 amide bonds. The van der Waals surface area contributed by atoms with Gasteiger partial charge < -0.3 is 10.1 Å². The molecule has 5 heteroatoms. The van der Waals surface area contributed by atoms with Crippen molar-refractivity contribution in [1.29, 1.82) is 0 Å². The van der Waals surface area contributed by atoms with Crippen molar-refractivity contribution in [3.63, 3.8) is 0 Å². The second kappa shape index (κ2) is 6.12. The molecule has 1 atom stereocenters. The lowest BCUT2D eigenvalue weighted by atomic mass is 9.98. The minimum Gasteiger partial charge on any atom is -0.449 e. The smallest absolute Gasteiger partial charge is 0.407 e. The molecule has 1 aliphatic rings. The van der Waals surface area contributed by atoms with E-state index in [1.54, 1.807) is 0 Å². The Labute approximate surface area is 133 Å². The Morgan fingerprint density at radius 2 is 1.57 bits per heavy atom. The summed E-state index contributed by atoms with van der Waals surface area (Å²) < 4.78 is 5.22. The van der Waals surface area contributed by atoms with Crippen LogP contribution in [-0.2, 0) is 14.6 Å². The summed E-state index contributed by atoms with van der Waals surface area (Å²) in [4.78, 5) is 22.4. The van der Waals surface area contributed by atoms with Crippen molar-refractivity contribution >= 4 is 12.1 Å². The summed E-state index contributed by atoms with van der Waals surface area (Å²) in [5.74, 6) is -1.40. The molecule has 0 aromatic heterocycles. The summed E-state index contributed by atoms with van der Waals surface area (Å²) >= 11 is 0. The maximum atomic E-state index is 11.7. The largest absolute Gasteiger partial charge is 0.449 e. The summed E-state index contributed by atoms with van der Waals surface area (Å²) in [6, 6.07) is 14.9. The molecule has 1 aliphatic carbocycles. The van der Waals surface area contributed by atoms with E-state index in [1.807, 2.05) is 48.5 Å². The number of carbonyl (C=O) groups is 2. The van der Waals surface area contributed by atoms with Gasteiger partial charge in [-0.25, -0.2) is 14.7 Å². The number of hydrogen-bond acceptors (Lipinski definition) is 3. The number of rotatable bonds is 4. The van der Waals surface area contributed by atoms with Crippen LogP contribution in [0, 0.1) is 0 Å². The summed E-state index contributed by atoms with van der Waals surface area (Å²) in [6.45, 7) is 1.48. The number of nitrogens with one attached hydrogen (secondary N) is 1. The fraction of sp³-hybridized carbons (Fsp3) is 0.222. The Kier molecular flexibility index (Phi) is 4.02. The highest BCUT2D eigenvalue weighted by molar-refractivity contribution is 5.80. The zero-order valence-electron chi connectivity index (χ0n) is 12.6. The minimum atomic E-state index is -1.35. The molecule has 117 valence electrons. The second-order valence-electron chi connectivity index (χ2n) is 5.51. The van der Waals surface area contributed by atoms with Gasteiger partial charge in [0, 0.05) is 5.92 Å². The molecular formula is C18H16NO4. The van der Waals surface area contributed by atoms with Crippen LogP contribution in [0.25, 0.3) is 11.1 Å². The van der Waals surface area contributed by atoms with Gasteiger partial charge in [-0.3, -0.25) is 0 Å². The van der Waals surface area contributed by atoms with E-state index in [9.17, 15) is 14.7 Å². The van der Waals surface area contributed by atoms with Crippen LogP contribution >= 0.6 is 0 Å². The van der Waals surface area contributed by atoms with Gasteiger partial charge in [-0.05, 0) is 29.2 Å². The number of benzene rings is 2. The highest BCUT2D eigenvalue weighted by Crippen LogP contribution is 2.44. The minimum absolute atomic E-state index is 0.0496. The van der Waals surface area contributed by atoms with Gasteiger partial charge >= 0.3 is 12.1 Å². The molecule has 0 aliphatic heterocycles. The Hall–Kier alpha value is -2.82. The molecule has 0 spiro atoms. The van der Waals surface area contributed by atoms with Crippen molar-refractivity contribution in [3.05, 3.63) is 59.7 Å². The van der Waals surface area contributed by atoms with Gasteiger partial charge in [0.2, 0.25) is 0 Å². The second-order valence-corrected chi connectivity index (χ2v) is 5.51. The normalized spacial score (nSPS) is 13.8. The number of ether oxygens (including phenoxy) is 1. The Morgan fingerprint density at radius 1 is 1.04 bits per heavy atom. The van der Waals surface area contributed by atoms with Crippen molar-refractivity contribution in [3.8, 4) is 11.1 Å². The molecule has 0 heterocycles. The van der Waals surface area contributed by atoms with E-state index in [4.69, 9.17) is 4.74 Å². The number of hydrogen-bond donors (Lipinski definition) is 1. The summed E-state index contributed by atoms with van der Waals surface area (Å²) in [5.41, 5.74) is 4.49. The van der Waals surface area contributed by atoms with Crippen LogP contribution in [0.2, 0.25) is 0 Å². The molecule has 3 rings (SSSR count). The quantitative estimate of drug-likeness (QED) is 0.943. The molecule has 0 fully saturated rings. The van der Waals surface area contributed by atoms with Crippen LogP contribution in [0.4, 0.5) is 4.79 Å². The van der Waals surface area contributed by atoms with Gasteiger partial charge in [-0.2, -0.15) is 0 Å². The van der Waals surface area contributed by atoms with E-state index < -0.39 is 18.1 Å². The third-order valence-corrected chi connectivity index (χ3v) is 4.03. The Balaban J connectivity index is 1.76. The van der Waals surface area contributed by atoms with E-state index in [-0.39, 0.29) is 12.5 Å². The van der Waals surface area contributed by atoms with Gasteiger partial charge in [-0.1, -0.05) is 48.5 Å². The van der Waals surface area contributed by atoms with Gasteiger partial charge in [-0.15, -0.1) is 0 Å². The third kappa shape index (κ3) is 2.90. The van der Waals surface area contributed by atoms with Crippen LogP contribution in [-0.4, -0.2) is 24.7 Å². The van der Waals surface area contributed by atoms with Crippen molar-refractivity contribution in [2.75, 3.05) is 6.61 Å². The first-order chi connectivity index (χ1) is 11.1. The van der Waals surface area contributed by atoms with E-state index in [0.29, 0.717) is 0 Å². The molecule has 0 unspecified atom stereocenters. The third-order valence-electron chi connectivity index (χ3n) is 4.03.